The van der Waals surface area contributed by atoms with Crippen LogP contribution in [0, 0.1) is 0 Å². The van der Waals surface area contributed by atoms with Crippen LogP contribution >= 0.6 is 31.9 Å². The highest BCUT2D eigenvalue weighted by molar-refractivity contribution is 9.10. The van der Waals surface area contributed by atoms with Gasteiger partial charge in [0.1, 0.15) is 12.2 Å². The van der Waals surface area contributed by atoms with Crippen LogP contribution in [0.15, 0.2) is 88.1 Å². The zero-order valence-electron chi connectivity index (χ0n) is 17.4. The molecule has 0 saturated heterocycles. The Morgan fingerprint density at radius 3 is 2.39 bits per heavy atom. The van der Waals surface area contributed by atoms with Gasteiger partial charge in [-0.3, -0.25) is 9.59 Å². The Balaban J connectivity index is 1.36. The molecular formula is C24H19Br2N5O2. The Morgan fingerprint density at radius 1 is 0.970 bits per heavy atom. The van der Waals surface area contributed by atoms with Crippen molar-refractivity contribution < 1.29 is 9.59 Å². The Bertz CT molecular complexity index is 1290. The van der Waals surface area contributed by atoms with Crippen LogP contribution < -0.4 is 5.32 Å². The van der Waals surface area contributed by atoms with Crippen molar-refractivity contribution in [3.63, 3.8) is 0 Å². The molecule has 0 fully saturated rings. The topological polar surface area (TPSA) is 81.8 Å². The minimum absolute atomic E-state index is 0.0587. The lowest BCUT2D eigenvalue weighted by Crippen LogP contribution is -2.19. The molecule has 2 aromatic heterocycles. The number of rotatable bonds is 8. The molecule has 2 heterocycles. The number of nitrogens with one attached hydrogen (secondary N) is 1. The van der Waals surface area contributed by atoms with Crippen LogP contribution in [0.3, 0.4) is 0 Å². The van der Waals surface area contributed by atoms with Gasteiger partial charge in [0.05, 0.1) is 12.7 Å². The molecule has 7 nitrogen and oxygen atoms in total. The number of carbonyl (C=O) groups excluding carboxylic acids is 2. The van der Waals surface area contributed by atoms with E-state index in [4.69, 9.17) is 0 Å². The number of ketones is 1. The van der Waals surface area contributed by atoms with E-state index in [9.17, 15) is 9.59 Å². The normalized spacial score (nSPS) is 11.1. The first-order chi connectivity index (χ1) is 16.0. The van der Waals surface area contributed by atoms with Crippen molar-refractivity contribution in [2.45, 2.75) is 13.1 Å². The van der Waals surface area contributed by atoms with Gasteiger partial charge in [0.15, 0.2) is 5.78 Å². The van der Waals surface area contributed by atoms with E-state index < -0.39 is 0 Å². The second kappa shape index (κ2) is 10.5. The summed E-state index contributed by atoms with van der Waals surface area (Å²) in [5.41, 5.74) is 2.90. The Morgan fingerprint density at radius 2 is 1.67 bits per heavy atom. The van der Waals surface area contributed by atoms with Crippen molar-refractivity contribution in [3.05, 3.63) is 105 Å². The van der Waals surface area contributed by atoms with E-state index in [2.05, 4.69) is 47.5 Å². The molecule has 0 radical (unpaired) electrons. The van der Waals surface area contributed by atoms with Gasteiger partial charge in [-0.25, -0.2) is 4.68 Å². The van der Waals surface area contributed by atoms with Crippen LogP contribution in [-0.4, -0.2) is 31.3 Å². The van der Waals surface area contributed by atoms with Crippen molar-refractivity contribution in [3.8, 4) is 0 Å². The lowest BCUT2D eigenvalue weighted by Gasteiger charge is -2.05. The fourth-order valence-corrected chi connectivity index (χ4v) is 3.67. The van der Waals surface area contributed by atoms with Gasteiger partial charge >= 0.3 is 0 Å². The molecule has 4 aromatic rings. The zero-order chi connectivity index (χ0) is 23.2. The first-order valence-corrected chi connectivity index (χ1v) is 11.6. The number of halogens is 2. The van der Waals surface area contributed by atoms with Crippen LogP contribution in [0.25, 0.3) is 6.08 Å². The predicted octanol–water partition coefficient (Wildman–Crippen LogP) is 5.19. The maximum Gasteiger partial charge on any atom is 0.246 e. The van der Waals surface area contributed by atoms with Gasteiger partial charge in [-0.05, 0) is 72.8 Å². The third-order valence-electron chi connectivity index (χ3n) is 4.75. The van der Waals surface area contributed by atoms with E-state index in [0.29, 0.717) is 23.5 Å². The maximum absolute atomic E-state index is 12.4. The van der Waals surface area contributed by atoms with E-state index in [0.717, 1.165) is 14.6 Å². The van der Waals surface area contributed by atoms with Crippen molar-refractivity contribution in [1.29, 1.82) is 0 Å². The lowest BCUT2D eigenvalue weighted by atomic mass is 10.1. The molecule has 0 spiro atoms. The predicted molar refractivity (Wildman–Crippen MR) is 134 cm³/mol. The van der Waals surface area contributed by atoms with E-state index >= 15 is 0 Å². The summed E-state index contributed by atoms with van der Waals surface area (Å²) in [5, 5.41) is 11.0. The molecule has 1 N–H and O–H groups in total. The highest BCUT2D eigenvalue weighted by atomic mass is 79.9. The summed E-state index contributed by atoms with van der Waals surface area (Å²) < 4.78 is 5.33. The van der Waals surface area contributed by atoms with Gasteiger partial charge in [-0.1, -0.05) is 37.1 Å². The molecule has 166 valence electrons. The molecule has 0 aliphatic heterocycles. The second-order valence-corrected chi connectivity index (χ2v) is 9.06. The Kier molecular flexibility index (Phi) is 7.31. The Labute approximate surface area is 207 Å². The maximum atomic E-state index is 12.4. The third-order valence-corrected chi connectivity index (χ3v) is 5.81. The zero-order valence-corrected chi connectivity index (χ0v) is 20.5. The van der Waals surface area contributed by atoms with Gasteiger partial charge in [0.2, 0.25) is 5.91 Å². The van der Waals surface area contributed by atoms with Gasteiger partial charge < -0.3 is 9.88 Å². The SMILES string of the molecule is O=C(Cn1cc(Cn2cccc2/C=C/C(=O)c2ccc(Br)cc2)nn1)Nc1ccc(Br)cc1. The largest absolute Gasteiger partial charge is 0.342 e. The number of amides is 1. The summed E-state index contributed by atoms with van der Waals surface area (Å²) in [7, 11) is 0. The van der Waals surface area contributed by atoms with Crippen molar-refractivity contribution in [2.24, 2.45) is 0 Å². The smallest absolute Gasteiger partial charge is 0.246 e. The number of hydrogen-bond acceptors (Lipinski definition) is 4. The fraction of sp³-hybridized carbons (Fsp3) is 0.0833. The van der Waals surface area contributed by atoms with Crippen LogP contribution in [0.5, 0.6) is 0 Å². The quantitative estimate of drug-likeness (QED) is 0.234. The molecule has 0 aliphatic rings. The summed E-state index contributed by atoms with van der Waals surface area (Å²) in [6, 6.07) is 18.4. The van der Waals surface area contributed by atoms with E-state index in [1.807, 2.05) is 59.3 Å². The molecule has 9 heteroatoms. The van der Waals surface area contributed by atoms with Crippen LogP contribution in [0.4, 0.5) is 5.69 Å². The minimum Gasteiger partial charge on any atom is -0.342 e. The molecule has 0 aliphatic carbocycles. The number of benzene rings is 2. The van der Waals surface area contributed by atoms with Crippen molar-refractivity contribution in [2.75, 3.05) is 5.32 Å². The fourth-order valence-electron chi connectivity index (χ4n) is 3.14. The van der Waals surface area contributed by atoms with E-state index in [1.165, 1.54) is 4.68 Å². The van der Waals surface area contributed by atoms with Crippen LogP contribution in [0.2, 0.25) is 0 Å². The summed E-state index contributed by atoms with van der Waals surface area (Å²) in [6.07, 6.45) is 6.98. The summed E-state index contributed by atoms with van der Waals surface area (Å²) in [6.45, 7) is 0.524. The van der Waals surface area contributed by atoms with Gasteiger partial charge in [-0.15, -0.1) is 5.10 Å². The number of nitrogens with zero attached hydrogens (tertiary/aromatic N) is 4. The molecule has 0 bridgehead atoms. The number of anilines is 1. The monoisotopic (exact) mass is 567 g/mol. The van der Waals surface area contributed by atoms with Crippen molar-refractivity contribution in [1.82, 2.24) is 19.6 Å². The number of hydrogen-bond donors (Lipinski definition) is 1. The second-order valence-electron chi connectivity index (χ2n) is 7.23. The highest BCUT2D eigenvalue weighted by Crippen LogP contribution is 2.15. The Hall–Kier alpha value is -3.30. The average molecular weight is 569 g/mol. The highest BCUT2D eigenvalue weighted by Gasteiger charge is 2.09. The average Bonchev–Trinajstić information content (AvgIpc) is 3.43. The van der Waals surface area contributed by atoms with Gasteiger partial charge in [-0.2, -0.15) is 0 Å². The summed E-state index contributed by atoms with van der Waals surface area (Å²) in [5.74, 6) is -0.261. The number of aromatic nitrogens is 4. The van der Waals surface area contributed by atoms with Gasteiger partial charge in [0, 0.05) is 32.1 Å². The van der Waals surface area contributed by atoms with E-state index in [1.54, 1.807) is 30.5 Å². The number of allylic oxidation sites excluding steroid dienone is 1. The molecule has 2 aromatic carbocycles. The molecule has 0 atom stereocenters. The first kappa shape index (κ1) is 22.9. The standard InChI is InChI=1S/C24H19Br2N5O2/c25-18-5-3-17(4-6-18)23(32)12-11-22-2-1-13-30(22)14-21-15-31(29-28-21)16-24(33)27-20-9-7-19(26)8-10-20/h1-13,15H,14,16H2,(H,27,33)/b12-11+. The minimum atomic E-state index is -0.190. The third kappa shape index (κ3) is 6.36. The molecule has 0 saturated carbocycles. The van der Waals surface area contributed by atoms with Gasteiger partial charge in [0.25, 0.3) is 0 Å². The first-order valence-electron chi connectivity index (χ1n) is 10.0. The van der Waals surface area contributed by atoms with Crippen molar-refractivity contribution >= 4 is 55.3 Å². The summed E-state index contributed by atoms with van der Waals surface area (Å²) in [4.78, 5) is 24.7. The van der Waals surface area contributed by atoms with Crippen LogP contribution in [0.1, 0.15) is 21.7 Å². The molecule has 0 unspecified atom stereocenters. The molecular weight excluding hydrogens is 550 g/mol. The number of carbonyl (C=O) groups is 2. The molecule has 1 amide bonds. The van der Waals surface area contributed by atoms with E-state index in [-0.39, 0.29) is 18.2 Å². The van der Waals surface area contributed by atoms with Crippen LogP contribution in [-0.2, 0) is 17.9 Å². The lowest BCUT2D eigenvalue weighted by molar-refractivity contribution is -0.116. The molecule has 33 heavy (non-hydrogen) atoms. The molecule has 4 rings (SSSR count). The summed E-state index contributed by atoms with van der Waals surface area (Å²) >= 11 is 6.74.